The molecule has 0 bridgehead atoms. The maximum absolute atomic E-state index is 6.07. The van der Waals surface area contributed by atoms with Gasteiger partial charge in [-0.05, 0) is 12.1 Å². The molecule has 1 aromatic rings. The summed E-state index contributed by atoms with van der Waals surface area (Å²) in [5, 5.41) is 0.700. The molecule has 0 aliphatic carbocycles. The largest absolute Gasteiger partial charge is 0.349 e. The molecule has 1 rings (SSSR count). The van der Waals surface area contributed by atoms with Gasteiger partial charge in [-0.15, -0.1) is 0 Å². The van der Waals surface area contributed by atoms with Crippen molar-refractivity contribution >= 4 is 22.6 Å². The van der Waals surface area contributed by atoms with Crippen molar-refractivity contribution in [2.24, 2.45) is 0 Å². The van der Waals surface area contributed by atoms with Crippen LogP contribution in [-0.2, 0) is 0 Å². The number of hydrogen-bond acceptors (Lipinski definition) is 0. The van der Waals surface area contributed by atoms with E-state index in [4.69, 9.17) is 11.6 Å². The summed E-state index contributed by atoms with van der Waals surface area (Å²) in [6, 6.07) is 10.0. The highest BCUT2D eigenvalue weighted by Gasteiger charge is 2.14. The Kier molecular flexibility index (Phi) is 3.32. The molecule has 3 heteroatoms. The molecular formula is C10H14ClN2+. The van der Waals surface area contributed by atoms with Crippen molar-refractivity contribution in [3.8, 4) is 0 Å². The molecule has 0 aromatic heterocycles. The predicted octanol–water partition coefficient (Wildman–Crippen LogP) is 1.99. The lowest BCUT2D eigenvalue weighted by Gasteiger charge is -2.10. The van der Waals surface area contributed by atoms with E-state index in [2.05, 4.69) is 0 Å². The molecule has 0 unspecified atom stereocenters. The number of anilines is 1. The molecule has 0 radical (unpaired) electrons. The van der Waals surface area contributed by atoms with Gasteiger partial charge in [0.2, 0.25) is 0 Å². The first-order chi connectivity index (χ1) is 6.13. The molecule has 0 saturated heterocycles. The second-order valence-electron chi connectivity index (χ2n) is 3.06. The molecule has 70 valence electrons. The molecular weight excluding hydrogens is 184 g/mol. The highest BCUT2D eigenvalue weighted by atomic mass is 35.5. The van der Waals surface area contributed by atoms with Crippen molar-refractivity contribution in [3.05, 3.63) is 30.3 Å². The van der Waals surface area contributed by atoms with Crippen molar-refractivity contribution in [2.75, 3.05) is 26.0 Å². The van der Waals surface area contributed by atoms with Crippen LogP contribution in [0, 0.1) is 0 Å². The van der Waals surface area contributed by atoms with Gasteiger partial charge >= 0.3 is 5.29 Å². The minimum Gasteiger partial charge on any atom is -0.257 e. The van der Waals surface area contributed by atoms with Gasteiger partial charge in [-0.2, -0.15) is 0 Å². The zero-order valence-electron chi connectivity index (χ0n) is 8.16. The van der Waals surface area contributed by atoms with Crippen LogP contribution >= 0.6 is 11.6 Å². The Bertz CT molecular complexity index is 302. The number of para-hydroxylation sites is 1. The zero-order valence-corrected chi connectivity index (χ0v) is 8.92. The molecule has 0 spiro atoms. The van der Waals surface area contributed by atoms with Crippen LogP contribution in [0.4, 0.5) is 5.69 Å². The van der Waals surface area contributed by atoms with Gasteiger partial charge < -0.3 is 0 Å². The lowest BCUT2D eigenvalue weighted by atomic mass is 10.3. The first-order valence-corrected chi connectivity index (χ1v) is 4.49. The standard InChI is InChI=1S/C10H14ClN2/c1-12(2)10(11)13(3)9-7-5-4-6-8-9/h4-8H,1-3H3/q+1. The predicted molar refractivity (Wildman–Crippen MR) is 57.8 cm³/mol. The van der Waals surface area contributed by atoms with Crippen LogP contribution < -0.4 is 4.90 Å². The summed E-state index contributed by atoms with van der Waals surface area (Å²) in [6.07, 6.45) is 0. The number of hydrogen-bond donors (Lipinski definition) is 0. The molecule has 0 aliphatic rings. The molecule has 13 heavy (non-hydrogen) atoms. The van der Waals surface area contributed by atoms with Crippen molar-refractivity contribution in [2.45, 2.75) is 0 Å². The van der Waals surface area contributed by atoms with E-state index < -0.39 is 0 Å². The molecule has 0 saturated carbocycles. The second kappa shape index (κ2) is 4.28. The molecule has 0 heterocycles. The molecule has 0 atom stereocenters. The second-order valence-corrected chi connectivity index (χ2v) is 3.40. The highest BCUT2D eigenvalue weighted by molar-refractivity contribution is 6.66. The van der Waals surface area contributed by atoms with Gasteiger partial charge in [-0.1, -0.05) is 18.2 Å². The van der Waals surface area contributed by atoms with Crippen LogP contribution in [0.5, 0.6) is 0 Å². The Labute approximate surface area is 84.1 Å². The first-order valence-electron chi connectivity index (χ1n) is 4.11. The summed E-state index contributed by atoms with van der Waals surface area (Å²) in [5.41, 5.74) is 1.08. The van der Waals surface area contributed by atoms with E-state index in [1.54, 1.807) is 0 Å². The Hall–Kier alpha value is -1.02. The quantitative estimate of drug-likeness (QED) is 0.289. The molecule has 1 aromatic carbocycles. The third-order valence-corrected chi connectivity index (χ3v) is 2.38. The van der Waals surface area contributed by atoms with Crippen LogP contribution in [-0.4, -0.2) is 31.0 Å². The number of rotatable bonds is 1. The van der Waals surface area contributed by atoms with Gasteiger partial charge in [0.15, 0.2) is 0 Å². The molecule has 0 amide bonds. The molecule has 0 N–H and O–H groups in total. The number of nitrogens with zero attached hydrogens (tertiary/aromatic N) is 2. The molecule has 0 fully saturated rings. The Morgan fingerprint density at radius 3 is 2.23 bits per heavy atom. The summed E-state index contributed by atoms with van der Waals surface area (Å²) in [5.74, 6) is 0. The minimum absolute atomic E-state index is 0.700. The van der Waals surface area contributed by atoms with Crippen molar-refractivity contribution in [1.82, 2.24) is 0 Å². The average Bonchev–Trinajstić information content (AvgIpc) is 2.17. The van der Waals surface area contributed by atoms with Gasteiger partial charge in [0.25, 0.3) is 0 Å². The van der Waals surface area contributed by atoms with Crippen LogP contribution in [0.1, 0.15) is 0 Å². The van der Waals surface area contributed by atoms with E-state index in [1.807, 2.05) is 61.0 Å². The topological polar surface area (TPSA) is 6.25 Å². The normalized spacial score (nSPS) is 9.54. The van der Waals surface area contributed by atoms with Crippen molar-refractivity contribution < 1.29 is 4.58 Å². The Morgan fingerprint density at radius 2 is 1.77 bits per heavy atom. The van der Waals surface area contributed by atoms with E-state index in [0.717, 1.165) is 5.69 Å². The van der Waals surface area contributed by atoms with Crippen molar-refractivity contribution in [3.63, 3.8) is 0 Å². The summed E-state index contributed by atoms with van der Waals surface area (Å²) < 4.78 is 1.87. The van der Waals surface area contributed by atoms with Gasteiger partial charge in [0, 0.05) is 11.6 Å². The fourth-order valence-corrected chi connectivity index (χ4v) is 1.16. The van der Waals surface area contributed by atoms with Crippen LogP contribution in [0.15, 0.2) is 30.3 Å². The Morgan fingerprint density at radius 1 is 1.23 bits per heavy atom. The summed E-state index contributed by atoms with van der Waals surface area (Å²) in [7, 11) is 5.78. The van der Waals surface area contributed by atoms with E-state index >= 15 is 0 Å². The summed E-state index contributed by atoms with van der Waals surface area (Å²) in [4.78, 5) is 1.93. The summed E-state index contributed by atoms with van der Waals surface area (Å²) in [6.45, 7) is 0. The van der Waals surface area contributed by atoms with Gasteiger partial charge in [-0.25, -0.2) is 4.90 Å². The lowest BCUT2D eigenvalue weighted by molar-refractivity contribution is -0.462. The summed E-state index contributed by atoms with van der Waals surface area (Å²) >= 11 is 6.07. The maximum atomic E-state index is 6.07. The monoisotopic (exact) mass is 197 g/mol. The highest BCUT2D eigenvalue weighted by Crippen LogP contribution is 2.12. The van der Waals surface area contributed by atoms with E-state index in [9.17, 15) is 0 Å². The van der Waals surface area contributed by atoms with Crippen LogP contribution in [0.3, 0.4) is 0 Å². The van der Waals surface area contributed by atoms with E-state index in [-0.39, 0.29) is 0 Å². The van der Waals surface area contributed by atoms with Gasteiger partial charge in [0.05, 0.1) is 21.1 Å². The van der Waals surface area contributed by atoms with Crippen LogP contribution in [0.2, 0.25) is 0 Å². The van der Waals surface area contributed by atoms with Crippen molar-refractivity contribution in [1.29, 1.82) is 0 Å². The SMILES string of the molecule is CN(C(Cl)=[N+](C)C)c1ccccc1. The number of amidine groups is 1. The fourth-order valence-electron chi connectivity index (χ4n) is 1.06. The molecule has 0 aliphatic heterocycles. The van der Waals surface area contributed by atoms with Crippen LogP contribution in [0.25, 0.3) is 0 Å². The third kappa shape index (κ3) is 2.46. The van der Waals surface area contributed by atoms with Gasteiger partial charge in [0.1, 0.15) is 5.69 Å². The molecule has 2 nitrogen and oxygen atoms in total. The third-order valence-electron chi connectivity index (χ3n) is 1.79. The number of halogens is 1. The zero-order chi connectivity index (χ0) is 9.84. The fraction of sp³-hybridized carbons (Fsp3) is 0.300. The lowest BCUT2D eigenvalue weighted by Crippen LogP contribution is -2.28. The van der Waals surface area contributed by atoms with E-state index in [1.165, 1.54) is 0 Å². The number of benzene rings is 1. The maximum Gasteiger partial charge on any atom is 0.349 e. The first kappa shape index (κ1) is 10.1. The Balaban J connectivity index is 2.93. The minimum atomic E-state index is 0.700. The van der Waals surface area contributed by atoms with Gasteiger partial charge in [-0.3, -0.25) is 4.58 Å². The average molecular weight is 198 g/mol. The smallest absolute Gasteiger partial charge is 0.257 e. The van der Waals surface area contributed by atoms with E-state index in [0.29, 0.717) is 5.29 Å².